The lowest BCUT2D eigenvalue weighted by Crippen LogP contribution is -2.60. The lowest BCUT2D eigenvalue weighted by Gasteiger charge is -2.48. The van der Waals surface area contributed by atoms with Gasteiger partial charge in [0.25, 0.3) is 0 Å². The summed E-state index contributed by atoms with van der Waals surface area (Å²) in [4.78, 5) is 15.7. The molecule has 0 unspecified atom stereocenters. The third-order valence-corrected chi connectivity index (χ3v) is 10.4. The van der Waals surface area contributed by atoms with Gasteiger partial charge in [-0.05, 0) is 125 Å². The lowest BCUT2D eigenvalue weighted by atomic mass is 10.0. The molecule has 0 radical (unpaired) electrons. The van der Waals surface area contributed by atoms with Gasteiger partial charge in [-0.3, -0.25) is 29.4 Å². The molecule has 0 aliphatic carbocycles. The van der Waals surface area contributed by atoms with E-state index in [1.54, 1.807) is 0 Å². The van der Waals surface area contributed by atoms with E-state index < -0.39 is 0 Å². The Balaban J connectivity index is 0.000000315. The van der Waals surface area contributed by atoms with E-state index in [9.17, 15) is 0 Å². The number of piperazine rings is 3. The molecule has 3 fully saturated rings. The average Bonchev–Trinajstić information content (AvgIpc) is 2.84. The highest BCUT2D eigenvalue weighted by Crippen LogP contribution is 2.22. The van der Waals surface area contributed by atoms with Crippen molar-refractivity contribution >= 4 is 0 Å². The highest BCUT2D eigenvalue weighted by atomic mass is 15.3. The Morgan fingerprint density at radius 1 is 0.357 bits per heavy atom. The summed E-state index contributed by atoms with van der Waals surface area (Å²) < 4.78 is 0. The molecule has 0 spiro atoms. The maximum atomic E-state index is 2.64. The minimum Gasteiger partial charge on any atom is -0.298 e. The van der Waals surface area contributed by atoms with Gasteiger partial charge in [-0.25, -0.2) is 0 Å². The second kappa shape index (κ2) is 18.0. The summed E-state index contributed by atoms with van der Waals surface area (Å²) >= 11 is 0. The molecular weight excluding hydrogens is 516 g/mol. The molecule has 0 amide bonds. The van der Waals surface area contributed by atoms with Crippen LogP contribution in [-0.2, 0) is 0 Å². The van der Waals surface area contributed by atoms with Gasteiger partial charge in [0.2, 0.25) is 0 Å². The summed E-state index contributed by atoms with van der Waals surface area (Å²) in [5.74, 6) is 0. The molecule has 3 rings (SSSR count). The molecule has 0 saturated carbocycles. The Bertz CT molecular complexity index is 638. The molecule has 252 valence electrons. The zero-order valence-corrected chi connectivity index (χ0v) is 31.9. The van der Waals surface area contributed by atoms with Crippen molar-refractivity contribution in [2.24, 2.45) is 0 Å². The maximum absolute atomic E-state index is 2.64. The molecule has 0 aromatic heterocycles. The standard InChI is InChI=1S/3C12H26N2/c2*1-9(2)13-7-11(5)14(10(3)4)12(6)8-13;1-9(2)13-7-8-14(10(3)4)12(6)11(13)5/h3*9-12H,7-8H2,1-6H3/t11-,12+;11-,12-;11-,12+/m.1./s1. The molecule has 6 atom stereocenters. The van der Waals surface area contributed by atoms with E-state index >= 15 is 0 Å². The molecule has 3 heterocycles. The Morgan fingerprint density at radius 3 is 0.762 bits per heavy atom. The summed E-state index contributed by atoms with van der Waals surface area (Å²) in [6.07, 6.45) is 0. The number of nitrogens with zero attached hydrogens (tertiary/aromatic N) is 6. The number of hydrogen-bond acceptors (Lipinski definition) is 6. The number of rotatable bonds is 6. The first kappa shape index (κ1) is 39.8. The predicted molar refractivity (Wildman–Crippen MR) is 188 cm³/mol. The molecule has 6 heteroatoms. The van der Waals surface area contributed by atoms with Gasteiger partial charge >= 0.3 is 0 Å². The minimum absolute atomic E-state index is 0.675. The highest BCUT2D eigenvalue weighted by Gasteiger charge is 2.34. The van der Waals surface area contributed by atoms with E-state index in [2.05, 4.69) is 154 Å². The largest absolute Gasteiger partial charge is 0.298 e. The monoisotopic (exact) mass is 595 g/mol. The summed E-state index contributed by atoms with van der Waals surface area (Å²) in [6.45, 7) is 49.1. The van der Waals surface area contributed by atoms with Gasteiger partial charge < -0.3 is 0 Å². The Hall–Kier alpha value is -0.240. The quantitative estimate of drug-likeness (QED) is 0.343. The molecule has 3 aliphatic heterocycles. The Morgan fingerprint density at radius 2 is 0.595 bits per heavy atom. The van der Waals surface area contributed by atoms with E-state index in [4.69, 9.17) is 0 Å². The van der Waals surface area contributed by atoms with Crippen molar-refractivity contribution in [1.29, 1.82) is 0 Å². The van der Waals surface area contributed by atoms with Gasteiger partial charge in [-0.15, -0.1) is 0 Å². The van der Waals surface area contributed by atoms with E-state index in [0.29, 0.717) is 72.5 Å². The van der Waals surface area contributed by atoms with Gasteiger partial charge in [0, 0.05) is 112 Å². The van der Waals surface area contributed by atoms with Gasteiger partial charge in [-0.1, -0.05) is 0 Å². The molecule has 0 aromatic rings. The molecule has 0 bridgehead atoms. The van der Waals surface area contributed by atoms with Gasteiger partial charge in [0.15, 0.2) is 0 Å². The molecular formula is C36H78N6. The Kier molecular flexibility index (Phi) is 17.1. The average molecular weight is 595 g/mol. The smallest absolute Gasteiger partial charge is 0.0223 e. The van der Waals surface area contributed by atoms with Crippen molar-refractivity contribution in [3.8, 4) is 0 Å². The van der Waals surface area contributed by atoms with Gasteiger partial charge in [-0.2, -0.15) is 0 Å². The van der Waals surface area contributed by atoms with Crippen LogP contribution in [0.25, 0.3) is 0 Å². The SMILES string of the molecule is CC(C)N1CCN(C(C)C)[C@@H](C)[C@H]1C.CC(C)N1C[C@@H](C)N(C(C)C)[C@@H](C)C1.CC(C)N1C[C@@H](C)N(C(C)C)[C@H](C)C1. The lowest BCUT2D eigenvalue weighted by molar-refractivity contribution is 0.00129. The first-order chi connectivity index (χ1) is 19.3. The van der Waals surface area contributed by atoms with Crippen LogP contribution in [0.2, 0.25) is 0 Å². The third-order valence-electron chi connectivity index (χ3n) is 10.4. The molecule has 3 saturated heterocycles. The summed E-state index contributed by atoms with van der Waals surface area (Å²) in [6, 6.07) is 8.25. The molecule has 0 aromatic carbocycles. The first-order valence-corrected chi connectivity index (χ1v) is 17.9. The predicted octanol–water partition coefficient (Wildman–Crippen LogP) is 6.59. The molecule has 3 aliphatic rings. The van der Waals surface area contributed by atoms with Crippen molar-refractivity contribution in [2.45, 2.75) is 197 Å². The van der Waals surface area contributed by atoms with E-state index in [0.717, 1.165) is 0 Å². The summed E-state index contributed by atoms with van der Waals surface area (Å²) in [5.41, 5.74) is 0. The first-order valence-electron chi connectivity index (χ1n) is 17.9. The Labute approximate surface area is 265 Å². The molecule has 6 nitrogen and oxygen atoms in total. The van der Waals surface area contributed by atoms with E-state index in [-0.39, 0.29) is 0 Å². The summed E-state index contributed by atoms with van der Waals surface area (Å²) in [7, 11) is 0. The van der Waals surface area contributed by atoms with Crippen molar-refractivity contribution in [2.75, 3.05) is 39.3 Å². The summed E-state index contributed by atoms with van der Waals surface area (Å²) in [5, 5.41) is 0. The van der Waals surface area contributed by atoms with Crippen LogP contribution in [0.15, 0.2) is 0 Å². The van der Waals surface area contributed by atoms with Gasteiger partial charge in [0.05, 0.1) is 0 Å². The fraction of sp³-hybridized carbons (Fsp3) is 1.00. The second-order valence-corrected chi connectivity index (χ2v) is 15.7. The fourth-order valence-electron chi connectivity index (χ4n) is 8.28. The topological polar surface area (TPSA) is 19.4 Å². The third kappa shape index (κ3) is 11.3. The fourth-order valence-corrected chi connectivity index (χ4v) is 8.28. The zero-order valence-electron chi connectivity index (χ0n) is 31.9. The van der Waals surface area contributed by atoms with Crippen molar-refractivity contribution in [1.82, 2.24) is 29.4 Å². The van der Waals surface area contributed by atoms with Crippen LogP contribution in [0, 0.1) is 0 Å². The van der Waals surface area contributed by atoms with Crippen LogP contribution in [0.4, 0.5) is 0 Å². The highest BCUT2D eigenvalue weighted by molar-refractivity contribution is 4.90. The van der Waals surface area contributed by atoms with Crippen LogP contribution in [-0.4, -0.2) is 141 Å². The second-order valence-electron chi connectivity index (χ2n) is 15.7. The van der Waals surface area contributed by atoms with Crippen LogP contribution < -0.4 is 0 Å². The normalized spacial score (nSPS) is 31.7. The molecule has 0 N–H and O–H groups in total. The van der Waals surface area contributed by atoms with Crippen LogP contribution in [0.3, 0.4) is 0 Å². The van der Waals surface area contributed by atoms with Crippen LogP contribution in [0.1, 0.15) is 125 Å². The maximum Gasteiger partial charge on any atom is 0.0223 e. The minimum atomic E-state index is 0.675. The van der Waals surface area contributed by atoms with Crippen LogP contribution in [0.5, 0.6) is 0 Å². The van der Waals surface area contributed by atoms with Crippen molar-refractivity contribution < 1.29 is 0 Å². The van der Waals surface area contributed by atoms with Crippen molar-refractivity contribution in [3.63, 3.8) is 0 Å². The zero-order chi connectivity index (χ0) is 32.6. The number of hydrogen-bond donors (Lipinski definition) is 0. The van der Waals surface area contributed by atoms with Crippen molar-refractivity contribution in [3.05, 3.63) is 0 Å². The van der Waals surface area contributed by atoms with Crippen LogP contribution >= 0.6 is 0 Å². The molecule has 42 heavy (non-hydrogen) atoms. The van der Waals surface area contributed by atoms with E-state index in [1.807, 2.05) is 0 Å². The van der Waals surface area contributed by atoms with E-state index in [1.165, 1.54) is 39.3 Å². The van der Waals surface area contributed by atoms with Gasteiger partial charge in [0.1, 0.15) is 0 Å².